The normalized spacial score (nSPS) is 11.7. The molecule has 0 saturated carbocycles. The predicted octanol–water partition coefficient (Wildman–Crippen LogP) is 0.750. The third-order valence-electron chi connectivity index (χ3n) is 1.49. The summed E-state index contributed by atoms with van der Waals surface area (Å²) in [7, 11) is 0. The highest BCUT2D eigenvalue weighted by Crippen LogP contribution is 1.94. The van der Waals surface area contributed by atoms with Crippen LogP contribution in [-0.4, -0.2) is 19.0 Å². The average Bonchev–Trinajstić information content (AvgIpc) is 2.17. The molecule has 3 N–H and O–H groups in total. The van der Waals surface area contributed by atoms with E-state index in [1.165, 1.54) is 0 Å². The number of nitrogens with two attached hydrogens (primary N) is 1. The molecule has 1 amide bonds. The molecule has 0 aromatic heterocycles. The summed E-state index contributed by atoms with van der Waals surface area (Å²) in [4.78, 5) is 10.8. The van der Waals surface area contributed by atoms with E-state index < -0.39 is 0 Å². The van der Waals surface area contributed by atoms with Gasteiger partial charge in [-0.25, -0.2) is 0 Å². The molecule has 0 saturated heterocycles. The molecule has 0 rings (SSSR count). The Hall–Kier alpha value is -1.35. The van der Waals surface area contributed by atoms with Crippen molar-refractivity contribution in [1.29, 1.82) is 0 Å². The zero-order chi connectivity index (χ0) is 10.1. The Morgan fingerprint density at radius 1 is 1.62 bits per heavy atom. The van der Waals surface area contributed by atoms with E-state index in [1.54, 1.807) is 6.08 Å². The number of hydrogen-bond donors (Lipinski definition) is 2. The van der Waals surface area contributed by atoms with Gasteiger partial charge in [-0.05, 0) is 12.5 Å². The van der Waals surface area contributed by atoms with Crippen LogP contribution in [0.2, 0.25) is 0 Å². The van der Waals surface area contributed by atoms with Crippen molar-refractivity contribution in [2.24, 2.45) is 5.73 Å². The van der Waals surface area contributed by atoms with E-state index in [0.29, 0.717) is 6.54 Å². The van der Waals surface area contributed by atoms with Crippen LogP contribution in [0.5, 0.6) is 0 Å². The zero-order valence-electron chi connectivity index (χ0n) is 7.92. The highest BCUT2D eigenvalue weighted by Gasteiger charge is 1.96. The first-order chi connectivity index (χ1) is 6.24. The monoisotopic (exact) mass is 180 g/mol. The maximum absolute atomic E-state index is 10.8. The topological polar surface area (TPSA) is 55.1 Å². The highest BCUT2D eigenvalue weighted by atomic mass is 16.1. The van der Waals surface area contributed by atoms with Gasteiger partial charge in [-0.2, -0.15) is 0 Å². The van der Waals surface area contributed by atoms with Crippen LogP contribution in [0.4, 0.5) is 0 Å². The fourth-order valence-electron chi connectivity index (χ4n) is 0.722. The minimum absolute atomic E-state index is 0.0299. The number of hydrogen-bond acceptors (Lipinski definition) is 2. The van der Waals surface area contributed by atoms with Gasteiger partial charge in [-0.3, -0.25) is 4.79 Å². The Morgan fingerprint density at radius 2 is 2.31 bits per heavy atom. The lowest BCUT2D eigenvalue weighted by Gasteiger charge is -2.03. The van der Waals surface area contributed by atoms with Crippen LogP contribution >= 0.6 is 0 Å². The lowest BCUT2D eigenvalue weighted by Crippen LogP contribution is -2.31. The smallest absolute Gasteiger partial charge is 0.234 e. The molecule has 3 nitrogen and oxygen atoms in total. The van der Waals surface area contributed by atoms with Crippen molar-refractivity contribution in [3.63, 3.8) is 0 Å². The fraction of sp³-hybridized carbons (Fsp3) is 0.300. The van der Waals surface area contributed by atoms with Gasteiger partial charge < -0.3 is 11.1 Å². The van der Waals surface area contributed by atoms with Crippen molar-refractivity contribution in [2.75, 3.05) is 13.1 Å². The molecule has 0 spiro atoms. The summed E-state index contributed by atoms with van der Waals surface area (Å²) in [5, 5.41) is 2.67. The Kier molecular flexibility index (Phi) is 6.55. The van der Waals surface area contributed by atoms with Crippen LogP contribution in [0.25, 0.3) is 0 Å². The van der Waals surface area contributed by atoms with Crippen LogP contribution < -0.4 is 11.1 Å². The van der Waals surface area contributed by atoms with Gasteiger partial charge in [-0.15, -0.1) is 0 Å². The molecule has 0 heterocycles. The number of allylic oxidation sites excluding steroid dienone is 3. The molecule has 0 fully saturated rings. The largest absolute Gasteiger partial charge is 0.351 e. The molecular formula is C10H16N2O. The summed E-state index contributed by atoms with van der Waals surface area (Å²) in [6, 6.07) is 0. The number of carbonyl (C=O) groups excluding carboxylic acids is 1. The second kappa shape index (κ2) is 7.31. The molecular weight excluding hydrogens is 164 g/mol. The summed E-state index contributed by atoms with van der Waals surface area (Å²) in [5.41, 5.74) is 6.16. The van der Waals surface area contributed by atoms with Crippen LogP contribution in [0, 0.1) is 0 Å². The maximum atomic E-state index is 10.8. The van der Waals surface area contributed by atoms with Crippen molar-refractivity contribution >= 4 is 5.91 Å². The lowest BCUT2D eigenvalue weighted by atomic mass is 10.2. The Balaban J connectivity index is 3.94. The molecule has 0 aliphatic heterocycles. The van der Waals surface area contributed by atoms with Gasteiger partial charge in [0.25, 0.3) is 0 Å². The van der Waals surface area contributed by atoms with Crippen molar-refractivity contribution < 1.29 is 4.79 Å². The van der Waals surface area contributed by atoms with E-state index >= 15 is 0 Å². The summed E-state index contributed by atoms with van der Waals surface area (Å²) in [5.74, 6) is -0.147. The second-order valence-electron chi connectivity index (χ2n) is 2.44. The van der Waals surface area contributed by atoms with Crippen LogP contribution in [0.3, 0.4) is 0 Å². The molecule has 0 bridgehead atoms. The number of nitrogens with one attached hydrogen (secondary N) is 1. The van der Waals surface area contributed by atoms with Crippen molar-refractivity contribution in [3.05, 3.63) is 36.5 Å². The highest BCUT2D eigenvalue weighted by molar-refractivity contribution is 5.78. The third-order valence-corrected chi connectivity index (χ3v) is 1.49. The lowest BCUT2D eigenvalue weighted by molar-refractivity contribution is -0.119. The second-order valence-corrected chi connectivity index (χ2v) is 2.44. The molecule has 0 unspecified atom stereocenters. The fourth-order valence-corrected chi connectivity index (χ4v) is 0.722. The number of rotatable bonds is 5. The average molecular weight is 180 g/mol. The maximum Gasteiger partial charge on any atom is 0.234 e. The van der Waals surface area contributed by atoms with Crippen molar-refractivity contribution in [2.45, 2.75) is 6.92 Å². The van der Waals surface area contributed by atoms with Gasteiger partial charge in [0.05, 0.1) is 6.54 Å². The van der Waals surface area contributed by atoms with E-state index in [4.69, 9.17) is 5.73 Å². The first-order valence-electron chi connectivity index (χ1n) is 4.15. The Bertz CT molecular complexity index is 229. The number of amides is 1. The van der Waals surface area contributed by atoms with E-state index in [2.05, 4.69) is 11.9 Å². The van der Waals surface area contributed by atoms with Crippen LogP contribution in [-0.2, 0) is 4.79 Å². The van der Waals surface area contributed by atoms with E-state index in [9.17, 15) is 4.79 Å². The van der Waals surface area contributed by atoms with Crippen LogP contribution in [0.1, 0.15) is 6.92 Å². The molecule has 3 heteroatoms. The molecule has 0 aromatic carbocycles. The van der Waals surface area contributed by atoms with Gasteiger partial charge in [0.2, 0.25) is 5.91 Å². The Labute approximate surface area is 79.0 Å². The standard InChI is InChI=1S/C10H16N2O/c1-3-5-6-9(4-2)8-12-10(13)7-11/h3-6H,1,7-8,11H2,2H3,(H,12,13)/b6-5-,9-4+. The van der Waals surface area contributed by atoms with Crippen molar-refractivity contribution in [1.82, 2.24) is 5.32 Å². The molecule has 0 atom stereocenters. The molecule has 0 aliphatic rings. The summed E-state index contributed by atoms with van der Waals surface area (Å²) < 4.78 is 0. The first-order valence-corrected chi connectivity index (χ1v) is 4.15. The minimum Gasteiger partial charge on any atom is -0.351 e. The van der Waals surface area contributed by atoms with E-state index in [0.717, 1.165) is 5.57 Å². The summed E-state index contributed by atoms with van der Waals surface area (Å²) in [6.45, 7) is 6.01. The zero-order valence-corrected chi connectivity index (χ0v) is 7.92. The van der Waals surface area contributed by atoms with Gasteiger partial charge in [0.15, 0.2) is 0 Å². The molecule has 0 radical (unpaired) electrons. The van der Waals surface area contributed by atoms with Crippen molar-refractivity contribution in [3.8, 4) is 0 Å². The predicted molar refractivity (Wildman–Crippen MR) is 55.2 cm³/mol. The van der Waals surface area contributed by atoms with Gasteiger partial charge in [0.1, 0.15) is 0 Å². The van der Waals surface area contributed by atoms with Crippen LogP contribution in [0.15, 0.2) is 36.5 Å². The SMILES string of the molecule is C=C/C=C\C(=C/C)CNC(=O)CN. The molecule has 72 valence electrons. The van der Waals surface area contributed by atoms with E-state index in [-0.39, 0.29) is 12.5 Å². The van der Waals surface area contributed by atoms with Gasteiger partial charge in [0, 0.05) is 6.54 Å². The molecule has 13 heavy (non-hydrogen) atoms. The van der Waals surface area contributed by atoms with Gasteiger partial charge in [-0.1, -0.05) is 30.9 Å². The third kappa shape index (κ3) is 5.87. The molecule has 0 aliphatic carbocycles. The summed E-state index contributed by atoms with van der Waals surface area (Å²) >= 11 is 0. The first kappa shape index (κ1) is 11.6. The minimum atomic E-state index is -0.147. The number of carbonyl (C=O) groups is 1. The Morgan fingerprint density at radius 3 is 2.77 bits per heavy atom. The molecule has 0 aromatic rings. The van der Waals surface area contributed by atoms with E-state index in [1.807, 2.05) is 25.2 Å². The quantitative estimate of drug-likeness (QED) is 0.613. The summed E-state index contributed by atoms with van der Waals surface area (Å²) in [6.07, 6.45) is 7.33. The van der Waals surface area contributed by atoms with Gasteiger partial charge >= 0.3 is 0 Å².